The lowest BCUT2D eigenvalue weighted by atomic mass is 9.94. The van der Waals surface area contributed by atoms with Crippen LogP contribution in [0.25, 0.3) is 0 Å². The molecule has 1 aromatic carbocycles. The number of fused-ring (bicyclic) bond motifs is 4. The van der Waals surface area contributed by atoms with Crippen LogP contribution in [0.2, 0.25) is 0 Å². The standard InChI is InChI=1S/C20H25N3O3/c1-14-9-19(21-26-14)20(24)23-12-16-3-6-17(23)13-22(11-16)10-15-4-7-18(25-2)8-5-15/h4-5,7-9,16-17H,3,6,10-13H2,1-2H3/t16-,17+/m0/s1. The summed E-state index contributed by atoms with van der Waals surface area (Å²) in [6.45, 7) is 5.47. The molecule has 2 atom stereocenters. The van der Waals surface area contributed by atoms with Gasteiger partial charge in [-0.05, 0) is 43.4 Å². The van der Waals surface area contributed by atoms with Crippen molar-refractivity contribution in [3.63, 3.8) is 0 Å². The summed E-state index contributed by atoms with van der Waals surface area (Å²) in [7, 11) is 1.68. The van der Waals surface area contributed by atoms with Crippen LogP contribution in [0.5, 0.6) is 5.75 Å². The number of hydrogen-bond donors (Lipinski definition) is 0. The zero-order valence-electron chi connectivity index (χ0n) is 15.4. The number of hydrogen-bond acceptors (Lipinski definition) is 5. The molecule has 6 heteroatoms. The fraction of sp³-hybridized carbons (Fsp3) is 0.500. The van der Waals surface area contributed by atoms with Gasteiger partial charge in [0, 0.05) is 38.3 Å². The molecule has 0 aliphatic carbocycles. The van der Waals surface area contributed by atoms with Gasteiger partial charge in [0.1, 0.15) is 11.5 Å². The van der Waals surface area contributed by atoms with Crippen LogP contribution < -0.4 is 4.74 Å². The molecular formula is C20H25N3O3. The van der Waals surface area contributed by atoms with Gasteiger partial charge in [0.25, 0.3) is 5.91 Å². The molecule has 0 N–H and O–H groups in total. The Morgan fingerprint density at radius 2 is 2.04 bits per heavy atom. The molecule has 3 aliphatic rings. The summed E-state index contributed by atoms with van der Waals surface area (Å²) in [6, 6.07) is 10.2. The van der Waals surface area contributed by atoms with Gasteiger partial charge in [0.15, 0.2) is 5.69 Å². The van der Waals surface area contributed by atoms with Crippen molar-refractivity contribution in [3.8, 4) is 5.75 Å². The van der Waals surface area contributed by atoms with Gasteiger partial charge in [-0.3, -0.25) is 9.69 Å². The van der Waals surface area contributed by atoms with Crippen molar-refractivity contribution in [2.45, 2.75) is 32.4 Å². The highest BCUT2D eigenvalue weighted by molar-refractivity contribution is 5.92. The highest BCUT2D eigenvalue weighted by atomic mass is 16.5. The lowest BCUT2D eigenvalue weighted by molar-refractivity contribution is 0.0574. The third kappa shape index (κ3) is 3.46. The molecule has 5 rings (SSSR count). The molecule has 2 aromatic rings. The fourth-order valence-electron chi connectivity index (χ4n) is 4.16. The van der Waals surface area contributed by atoms with Crippen molar-refractivity contribution in [3.05, 3.63) is 47.3 Å². The van der Waals surface area contributed by atoms with Gasteiger partial charge < -0.3 is 14.2 Å². The Balaban J connectivity index is 1.46. The minimum Gasteiger partial charge on any atom is -0.497 e. The van der Waals surface area contributed by atoms with Crippen LogP contribution >= 0.6 is 0 Å². The van der Waals surface area contributed by atoms with Crippen LogP contribution in [0.15, 0.2) is 34.9 Å². The number of aryl methyl sites for hydroxylation is 1. The average molecular weight is 355 g/mol. The first-order chi connectivity index (χ1) is 12.6. The van der Waals surface area contributed by atoms with Gasteiger partial charge in [0.2, 0.25) is 0 Å². The van der Waals surface area contributed by atoms with E-state index in [-0.39, 0.29) is 11.9 Å². The number of nitrogens with zero attached hydrogens (tertiary/aromatic N) is 3. The van der Waals surface area contributed by atoms with E-state index in [0.29, 0.717) is 17.4 Å². The van der Waals surface area contributed by atoms with E-state index in [1.54, 1.807) is 13.2 Å². The van der Waals surface area contributed by atoms with Crippen LogP contribution in [0, 0.1) is 12.8 Å². The maximum Gasteiger partial charge on any atom is 0.276 e. The van der Waals surface area contributed by atoms with Gasteiger partial charge in [-0.15, -0.1) is 0 Å². The van der Waals surface area contributed by atoms with Crippen LogP contribution in [0.4, 0.5) is 0 Å². The van der Waals surface area contributed by atoms with Gasteiger partial charge in [-0.2, -0.15) is 0 Å². The Morgan fingerprint density at radius 1 is 1.23 bits per heavy atom. The molecule has 138 valence electrons. The molecule has 26 heavy (non-hydrogen) atoms. The second kappa shape index (κ2) is 7.11. The Kier molecular flexibility index (Phi) is 4.68. The average Bonchev–Trinajstić information content (AvgIpc) is 2.90. The van der Waals surface area contributed by atoms with Gasteiger partial charge >= 0.3 is 0 Å². The van der Waals surface area contributed by atoms with E-state index >= 15 is 0 Å². The molecule has 0 spiro atoms. The second-order valence-corrected chi connectivity index (χ2v) is 7.42. The maximum atomic E-state index is 12.9. The quantitative estimate of drug-likeness (QED) is 0.844. The first-order valence-corrected chi connectivity index (χ1v) is 9.22. The summed E-state index contributed by atoms with van der Waals surface area (Å²) in [6.07, 6.45) is 2.25. The molecule has 0 unspecified atom stereocenters. The Hall–Kier alpha value is -2.34. The zero-order chi connectivity index (χ0) is 18.1. The summed E-state index contributed by atoms with van der Waals surface area (Å²) in [4.78, 5) is 17.4. The van der Waals surface area contributed by atoms with Crippen molar-refractivity contribution in [2.75, 3.05) is 26.7 Å². The van der Waals surface area contributed by atoms with E-state index < -0.39 is 0 Å². The van der Waals surface area contributed by atoms with E-state index in [0.717, 1.165) is 38.3 Å². The smallest absolute Gasteiger partial charge is 0.276 e. The lowest BCUT2D eigenvalue weighted by Crippen LogP contribution is -2.47. The van der Waals surface area contributed by atoms with Crippen molar-refractivity contribution in [1.29, 1.82) is 0 Å². The summed E-state index contributed by atoms with van der Waals surface area (Å²) in [5, 5.41) is 3.92. The number of piperidine rings is 1. The monoisotopic (exact) mass is 355 g/mol. The summed E-state index contributed by atoms with van der Waals surface area (Å²) in [5.74, 6) is 2.07. The van der Waals surface area contributed by atoms with E-state index in [9.17, 15) is 4.79 Å². The predicted octanol–water partition coefficient (Wildman–Crippen LogP) is 2.73. The molecule has 1 amide bonds. The Morgan fingerprint density at radius 3 is 2.73 bits per heavy atom. The molecule has 4 heterocycles. The van der Waals surface area contributed by atoms with Crippen LogP contribution in [0.3, 0.4) is 0 Å². The minimum absolute atomic E-state index is 0.00264. The molecule has 3 aliphatic heterocycles. The zero-order valence-corrected chi connectivity index (χ0v) is 15.4. The molecule has 6 nitrogen and oxygen atoms in total. The molecule has 3 saturated heterocycles. The number of aromatic nitrogens is 1. The molecule has 0 saturated carbocycles. The van der Waals surface area contributed by atoms with Crippen LogP contribution in [-0.4, -0.2) is 53.6 Å². The number of rotatable bonds is 4. The number of methoxy groups -OCH3 is 1. The Labute approximate surface area is 153 Å². The number of amides is 1. The highest BCUT2D eigenvalue weighted by Crippen LogP contribution is 2.30. The second-order valence-electron chi connectivity index (χ2n) is 7.42. The van der Waals surface area contributed by atoms with Crippen molar-refractivity contribution < 1.29 is 14.1 Å². The highest BCUT2D eigenvalue weighted by Gasteiger charge is 2.38. The third-order valence-electron chi connectivity index (χ3n) is 5.46. The number of carbonyl (C=O) groups excluding carboxylic acids is 1. The summed E-state index contributed by atoms with van der Waals surface area (Å²) < 4.78 is 10.3. The fourth-order valence-corrected chi connectivity index (χ4v) is 4.16. The molecule has 0 radical (unpaired) electrons. The van der Waals surface area contributed by atoms with Crippen molar-refractivity contribution >= 4 is 5.91 Å². The van der Waals surface area contributed by atoms with Crippen molar-refractivity contribution in [2.24, 2.45) is 5.92 Å². The van der Waals surface area contributed by atoms with E-state index in [2.05, 4.69) is 22.2 Å². The van der Waals surface area contributed by atoms with E-state index in [4.69, 9.17) is 9.26 Å². The summed E-state index contributed by atoms with van der Waals surface area (Å²) >= 11 is 0. The maximum absolute atomic E-state index is 12.9. The number of ether oxygens (including phenoxy) is 1. The van der Waals surface area contributed by atoms with Crippen LogP contribution in [-0.2, 0) is 6.54 Å². The van der Waals surface area contributed by atoms with Gasteiger partial charge in [-0.1, -0.05) is 17.3 Å². The first kappa shape index (κ1) is 17.1. The summed E-state index contributed by atoms with van der Waals surface area (Å²) in [5.41, 5.74) is 1.70. The topological polar surface area (TPSA) is 58.8 Å². The van der Waals surface area contributed by atoms with E-state index in [1.165, 1.54) is 12.0 Å². The van der Waals surface area contributed by atoms with Gasteiger partial charge in [-0.25, -0.2) is 0 Å². The molecular weight excluding hydrogens is 330 g/mol. The molecule has 1 aromatic heterocycles. The SMILES string of the molecule is COc1ccc(CN2C[C@@H]3CC[C@H](C2)N(C(=O)c2cc(C)on2)C3)cc1. The molecule has 3 fully saturated rings. The van der Waals surface area contributed by atoms with Crippen LogP contribution in [0.1, 0.15) is 34.7 Å². The van der Waals surface area contributed by atoms with Gasteiger partial charge in [0.05, 0.1) is 7.11 Å². The lowest BCUT2D eigenvalue weighted by Gasteiger charge is -2.35. The predicted molar refractivity (Wildman–Crippen MR) is 97.1 cm³/mol. The molecule has 2 bridgehead atoms. The van der Waals surface area contributed by atoms with Crippen molar-refractivity contribution in [1.82, 2.24) is 15.0 Å². The largest absolute Gasteiger partial charge is 0.497 e. The number of carbonyl (C=O) groups is 1. The normalized spacial score (nSPS) is 23.1. The van der Waals surface area contributed by atoms with E-state index in [1.807, 2.05) is 24.0 Å². The number of benzene rings is 1. The third-order valence-corrected chi connectivity index (χ3v) is 5.46. The minimum atomic E-state index is 0.00264. The first-order valence-electron chi connectivity index (χ1n) is 9.22. The Bertz CT molecular complexity index is 771.